The number of benzene rings is 2. The van der Waals surface area contributed by atoms with Crippen LogP contribution < -0.4 is 10.9 Å². The van der Waals surface area contributed by atoms with E-state index >= 15 is 0 Å². The van der Waals surface area contributed by atoms with Gasteiger partial charge in [-0.25, -0.2) is 0 Å². The summed E-state index contributed by atoms with van der Waals surface area (Å²) in [7, 11) is 0. The summed E-state index contributed by atoms with van der Waals surface area (Å²) in [5.74, 6) is -1.30. The van der Waals surface area contributed by atoms with Gasteiger partial charge < -0.3 is 15.0 Å². The molecule has 2 aromatic carbocycles. The van der Waals surface area contributed by atoms with Gasteiger partial charge in [-0.15, -0.1) is 0 Å². The average Bonchev–Trinajstić information content (AvgIpc) is 3.39. The van der Waals surface area contributed by atoms with Crippen LogP contribution in [-0.4, -0.2) is 21.6 Å². The molecular formula is C29H29F3N2O4. The number of rotatable bonds is 9. The van der Waals surface area contributed by atoms with Gasteiger partial charge in [0.15, 0.2) is 0 Å². The largest absolute Gasteiger partial charge is 0.481 e. The number of anilines is 1. The number of carboxylic acid groups (broad SMARTS) is 1. The number of carbonyl (C=O) groups excluding carboxylic acids is 1. The third kappa shape index (κ3) is 6.90. The van der Waals surface area contributed by atoms with Crippen LogP contribution in [0.15, 0.2) is 71.7 Å². The van der Waals surface area contributed by atoms with Crippen LogP contribution in [0.25, 0.3) is 0 Å². The van der Waals surface area contributed by atoms with Crippen LogP contribution >= 0.6 is 0 Å². The first-order valence-corrected chi connectivity index (χ1v) is 12.6. The van der Waals surface area contributed by atoms with Crippen LogP contribution in [0.2, 0.25) is 0 Å². The van der Waals surface area contributed by atoms with E-state index < -0.39 is 29.2 Å². The lowest BCUT2D eigenvalue weighted by Gasteiger charge is -2.24. The zero-order valence-electron chi connectivity index (χ0n) is 20.7. The summed E-state index contributed by atoms with van der Waals surface area (Å²) in [4.78, 5) is 36.5. The van der Waals surface area contributed by atoms with E-state index in [0.29, 0.717) is 17.7 Å². The van der Waals surface area contributed by atoms with Crippen molar-refractivity contribution >= 4 is 17.6 Å². The molecule has 3 aromatic rings. The number of hydrogen-bond acceptors (Lipinski definition) is 3. The Morgan fingerprint density at radius 3 is 2.37 bits per heavy atom. The quantitative estimate of drug-likeness (QED) is 0.366. The molecule has 1 aliphatic rings. The highest BCUT2D eigenvalue weighted by Gasteiger charge is 2.33. The van der Waals surface area contributed by atoms with E-state index in [1.54, 1.807) is 42.5 Å². The number of aryl methyl sites for hydroxylation is 1. The van der Waals surface area contributed by atoms with E-state index in [2.05, 4.69) is 5.32 Å². The molecule has 2 N–H and O–H groups in total. The first-order valence-electron chi connectivity index (χ1n) is 12.6. The standard InChI is InChI=1S/C29H29F3N2O4/c30-29(31,32)23-13-14-25(35)34(18-23)17-20-8-11-22(12-9-20)27(21-5-1-2-6-21)28(38)33-24-7-3-4-19(16-24)10-15-26(36)37/h3-4,7-9,11-14,16,18,21,27H,1-2,5-6,10,15,17H2,(H,33,38)(H,36,37)/t27-/m0/s1. The number of carbonyl (C=O) groups is 2. The Labute approximate surface area is 218 Å². The predicted molar refractivity (Wildman–Crippen MR) is 137 cm³/mol. The summed E-state index contributed by atoms with van der Waals surface area (Å²) in [5, 5.41) is 11.9. The number of carboxylic acids is 1. The van der Waals surface area contributed by atoms with Gasteiger partial charge in [0.25, 0.3) is 5.56 Å². The summed E-state index contributed by atoms with van der Waals surface area (Å²) in [6.45, 7) is -0.0214. The number of aliphatic carboxylic acids is 1. The minimum Gasteiger partial charge on any atom is -0.481 e. The van der Waals surface area contributed by atoms with Crippen LogP contribution in [-0.2, 0) is 28.7 Å². The molecule has 9 heteroatoms. The summed E-state index contributed by atoms with van der Waals surface area (Å²) >= 11 is 0. The molecule has 4 rings (SSSR count). The Bertz CT molecular complexity index is 1340. The molecule has 1 amide bonds. The van der Waals surface area contributed by atoms with Crippen molar-refractivity contribution in [3.05, 3.63) is 99.5 Å². The van der Waals surface area contributed by atoms with E-state index in [-0.39, 0.29) is 24.8 Å². The maximum absolute atomic E-state index is 13.5. The van der Waals surface area contributed by atoms with Crippen molar-refractivity contribution in [2.24, 2.45) is 5.92 Å². The second-order valence-corrected chi connectivity index (χ2v) is 9.73. The van der Waals surface area contributed by atoms with Gasteiger partial charge in [0, 0.05) is 24.4 Å². The Morgan fingerprint density at radius 2 is 1.71 bits per heavy atom. The van der Waals surface area contributed by atoms with Crippen molar-refractivity contribution in [3.8, 4) is 0 Å². The Balaban J connectivity index is 1.53. The molecule has 1 fully saturated rings. The van der Waals surface area contributed by atoms with Gasteiger partial charge in [-0.3, -0.25) is 14.4 Å². The third-order valence-corrected chi connectivity index (χ3v) is 6.98. The van der Waals surface area contributed by atoms with E-state index in [1.807, 2.05) is 6.07 Å². The molecule has 0 bridgehead atoms. The second kappa shape index (κ2) is 11.7. The molecule has 1 heterocycles. The second-order valence-electron chi connectivity index (χ2n) is 9.73. The van der Waals surface area contributed by atoms with Crippen molar-refractivity contribution < 1.29 is 27.9 Å². The van der Waals surface area contributed by atoms with Crippen molar-refractivity contribution in [3.63, 3.8) is 0 Å². The van der Waals surface area contributed by atoms with Gasteiger partial charge in [-0.05, 0) is 60.1 Å². The SMILES string of the molecule is O=C(O)CCc1cccc(NC(=O)[C@H](c2ccc(Cn3cc(C(F)(F)F)ccc3=O)cc2)C2CCCC2)c1. The van der Waals surface area contributed by atoms with Gasteiger partial charge in [0.1, 0.15) is 0 Å². The molecule has 38 heavy (non-hydrogen) atoms. The van der Waals surface area contributed by atoms with Crippen LogP contribution in [0.5, 0.6) is 0 Å². The van der Waals surface area contributed by atoms with Crippen LogP contribution in [0.3, 0.4) is 0 Å². The number of alkyl halides is 3. The first kappa shape index (κ1) is 27.2. The van der Waals surface area contributed by atoms with Crippen molar-refractivity contribution in [2.75, 3.05) is 5.32 Å². The van der Waals surface area contributed by atoms with Crippen molar-refractivity contribution in [1.29, 1.82) is 0 Å². The first-order chi connectivity index (χ1) is 18.1. The minimum atomic E-state index is -4.54. The summed E-state index contributed by atoms with van der Waals surface area (Å²) in [6.07, 6.45) is 0.538. The van der Waals surface area contributed by atoms with Crippen LogP contribution in [0.4, 0.5) is 18.9 Å². The van der Waals surface area contributed by atoms with Gasteiger partial charge in [-0.2, -0.15) is 13.2 Å². The highest BCUT2D eigenvalue weighted by molar-refractivity contribution is 5.96. The van der Waals surface area contributed by atoms with E-state index in [4.69, 9.17) is 5.11 Å². The van der Waals surface area contributed by atoms with Gasteiger partial charge in [-0.1, -0.05) is 49.2 Å². The average molecular weight is 527 g/mol. The van der Waals surface area contributed by atoms with E-state index in [1.165, 1.54) is 0 Å². The maximum Gasteiger partial charge on any atom is 0.417 e. The van der Waals surface area contributed by atoms with Gasteiger partial charge in [0.05, 0.1) is 18.0 Å². The van der Waals surface area contributed by atoms with Crippen LogP contribution in [0, 0.1) is 5.92 Å². The maximum atomic E-state index is 13.5. The molecule has 200 valence electrons. The number of pyridine rings is 1. The summed E-state index contributed by atoms with van der Waals surface area (Å²) in [6, 6.07) is 15.9. The molecule has 1 saturated carbocycles. The molecule has 0 aliphatic heterocycles. The molecule has 0 radical (unpaired) electrons. The fraction of sp³-hybridized carbons (Fsp3) is 0.345. The minimum absolute atomic E-state index is 0.00106. The number of amides is 1. The molecule has 1 atom stereocenters. The number of hydrogen-bond donors (Lipinski definition) is 2. The fourth-order valence-electron chi connectivity index (χ4n) is 5.05. The van der Waals surface area contributed by atoms with Crippen molar-refractivity contribution in [2.45, 2.75) is 57.2 Å². The van der Waals surface area contributed by atoms with Gasteiger partial charge >= 0.3 is 12.1 Å². The van der Waals surface area contributed by atoms with E-state index in [9.17, 15) is 27.6 Å². The Morgan fingerprint density at radius 1 is 1.00 bits per heavy atom. The number of nitrogens with zero attached hydrogens (tertiary/aromatic N) is 1. The van der Waals surface area contributed by atoms with Crippen molar-refractivity contribution in [1.82, 2.24) is 4.57 Å². The Kier molecular flexibility index (Phi) is 8.34. The molecule has 6 nitrogen and oxygen atoms in total. The number of aromatic nitrogens is 1. The topological polar surface area (TPSA) is 88.4 Å². The lowest BCUT2D eigenvalue weighted by atomic mass is 9.83. The molecule has 1 aromatic heterocycles. The summed E-state index contributed by atoms with van der Waals surface area (Å²) < 4.78 is 40.3. The predicted octanol–water partition coefficient (Wildman–Crippen LogP) is 5.85. The molecule has 0 spiro atoms. The highest BCUT2D eigenvalue weighted by Crippen LogP contribution is 2.38. The zero-order valence-corrected chi connectivity index (χ0v) is 20.7. The molecule has 0 unspecified atom stereocenters. The lowest BCUT2D eigenvalue weighted by molar-refractivity contribution is -0.138. The monoisotopic (exact) mass is 526 g/mol. The lowest BCUT2D eigenvalue weighted by Crippen LogP contribution is -2.26. The molecule has 1 aliphatic carbocycles. The third-order valence-electron chi connectivity index (χ3n) is 6.98. The smallest absolute Gasteiger partial charge is 0.417 e. The van der Waals surface area contributed by atoms with E-state index in [0.717, 1.165) is 59.7 Å². The molecule has 0 saturated heterocycles. The highest BCUT2D eigenvalue weighted by atomic mass is 19.4. The normalized spacial score (nSPS) is 14.8. The summed E-state index contributed by atoms with van der Waals surface area (Å²) in [5.41, 5.74) is 1.44. The number of halogens is 3. The Hall–Kier alpha value is -3.88. The fourth-order valence-corrected chi connectivity index (χ4v) is 5.05. The van der Waals surface area contributed by atoms with Gasteiger partial charge in [0.2, 0.25) is 5.91 Å². The molecular weight excluding hydrogens is 497 g/mol. The number of nitrogens with one attached hydrogen (secondary N) is 1. The zero-order chi connectivity index (χ0) is 27.3. The van der Waals surface area contributed by atoms with Crippen LogP contribution in [0.1, 0.15) is 60.3 Å².